The molecule has 0 fully saturated rings. The Bertz CT molecular complexity index is 662. The molecular weight excluding hydrogens is 280 g/mol. The number of rotatable bonds is 4. The second kappa shape index (κ2) is 5.66. The first-order valence-corrected chi connectivity index (χ1v) is 6.47. The number of aryl methyl sites for hydroxylation is 2. The maximum absolute atomic E-state index is 11.2. The fourth-order valence-electron chi connectivity index (χ4n) is 1.44. The van der Waals surface area contributed by atoms with Crippen molar-refractivity contribution in [2.45, 2.75) is 13.8 Å². The number of nitro groups is 1. The van der Waals surface area contributed by atoms with Crippen LogP contribution in [0.15, 0.2) is 23.3 Å². The van der Waals surface area contributed by atoms with E-state index in [-0.39, 0.29) is 0 Å². The molecule has 0 unspecified atom stereocenters. The van der Waals surface area contributed by atoms with Crippen LogP contribution in [-0.2, 0) is 0 Å². The summed E-state index contributed by atoms with van der Waals surface area (Å²) < 4.78 is 0. The molecule has 1 aromatic carbocycles. The van der Waals surface area contributed by atoms with E-state index in [1.165, 1.54) is 29.7 Å². The Labute approximate surface area is 118 Å². The predicted octanol–water partition coefficient (Wildman–Crippen LogP) is 2.19. The fraction of sp³-hybridized carbons (Fsp3) is 0.167. The van der Waals surface area contributed by atoms with Crippen LogP contribution in [0.2, 0.25) is 0 Å². The average molecular weight is 291 g/mol. The molecule has 0 saturated heterocycles. The minimum atomic E-state index is -0.708. The van der Waals surface area contributed by atoms with Gasteiger partial charge in [-0.2, -0.15) is 5.10 Å². The molecule has 0 radical (unpaired) electrons. The van der Waals surface area contributed by atoms with Crippen molar-refractivity contribution in [2.75, 3.05) is 5.43 Å². The smallest absolute Gasteiger partial charge is 0.262 e. The number of aromatic nitrogens is 1. The largest absolute Gasteiger partial charge is 0.868 e. The van der Waals surface area contributed by atoms with E-state index in [1.807, 2.05) is 13.8 Å². The number of nitro benzene ring substituents is 1. The van der Waals surface area contributed by atoms with E-state index in [0.29, 0.717) is 10.7 Å². The Morgan fingerprint density at radius 3 is 2.80 bits per heavy atom. The Balaban J connectivity index is 2.11. The van der Waals surface area contributed by atoms with Gasteiger partial charge in [0.2, 0.25) is 5.13 Å². The van der Waals surface area contributed by atoms with Gasteiger partial charge in [-0.05, 0) is 19.6 Å². The molecule has 0 spiro atoms. The Morgan fingerprint density at radius 1 is 1.45 bits per heavy atom. The molecular formula is C12H11N4O3S-. The molecule has 1 N–H and O–H groups in total. The van der Waals surface area contributed by atoms with E-state index >= 15 is 0 Å². The van der Waals surface area contributed by atoms with Crippen molar-refractivity contribution >= 4 is 28.4 Å². The Kier molecular flexibility index (Phi) is 3.94. The summed E-state index contributed by atoms with van der Waals surface area (Å²) in [5.41, 5.74) is 3.68. The quantitative estimate of drug-likeness (QED) is 0.528. The van der Waals surface area contributed by atoms with Gasteiger partial charge in [0, 0.05) is 16.5 Å². The van der Waals surface area contributed by atoms with Gasteiger partial charge in [-0.3, -0.25) is 15.5 Å². The topological polar surface area (TPSA) is 103 Å². The highest BCUT2D eigenvalue weighted by Crippen LogP contribution is 2.23. The van der Waals surface area contributed by atoms with Gasteiger partial charge in [-0.25, -0.2) is 4.98 Å². The highest BCUT2D eigenvalue weighted by Gasteiger charge is 2.07. The lowest BCUT2D eigenvalue weighted by Gasteiger charge is -2.05. The second-order valence-corrected chi connectivity index (χ2v) is 5.22. The minimum absolute atomic E-state index is 0.463. The van der Waals surface area contributed by atoms with Crippen LogP contribution in [0.3, 0.4) is 0 Å². The van der Waals surface area contributed by atoms with Gasteiger partial charge in [0.1, 0.15) is 0 Å². The number of hydrogen-bond donors (Lipinski definition) is 1. The highest BCUT2D eigenvalue weighted by atomic mass is 32.1. The van der Waals surface area contributed by atoms with E-state index < -0.39 is 16.4 Å². The molecule has 0 bridgehead atoms. The summed E-state index contributed by atoms with van der Waals surface area (Å²) in [6.45, 7) is 3.86. The van der Waals surface area contributed by atoms with Crippen molar-refractivity contribution in [1.29, 1.82) is 0 Å². The lowest BCUT2D eigenvalue weighted by molar-refractivity contribution is -0.398. The molecule has 2 aromatic rings. The average Bonchev–Trinajstić information content (AvgIpc) is 2.70. The predicted molar refractivity (Wildman–Crippen MR) is 75.3 cm³/mol. The van der Waals surface area contributed by atoms with Gasteiger partial charge in [0.25, 0.3) is 5.69 Å². The van der Waals surface area contributed by atoms with Gasteiger partial charge >= 0.3 is 0 Å². The van der Waals surface area contributed by atoms with E-state index in [2.05, 4.69) is 15.5 Å². The molecule has 104 valence electrons. The molecule has 8 heteroatoms. The number of nitrogens with zero attached hydrogens (tertiary/aromatic N) is 3. The van der Waals surface area contributed by atoms with E-state index in [1.54, 1.807) is 0 Å². The van der Waals surface area contributed by atoms with Crippen molar-refractivity contribution in [1.82, 2.24) is 4.98 Å². The minimum Gasteiger partial charge on any atom is -0.868 e. The molecule has 0 saturated carbocycles. The van der Waals surface area contributed by atoms with Crippen molar-refractivity contribution in [3.63, 3.8) is 0 Å². The van der Waals surface area contributed by atoms with Crippen LogP contribution < -0.4 is 10.5 Å². The summed E-state index contributed by atoms with van der Waals surface area (Å²) in [6.07, 6.45) is 1.40. The Hall–Kier alpha value is -2.48. The monoisotopic (exact) mass is 291 g/mol. The van der Waals surface area contributed by atoms with Crippen molar-refractivity contribution in [3.05, 3.63) is 44.4 Å². The molecule has 1 aromatic heterocycles. The molecule has 1 heterocycles. The van der Waals surface area contributed by atoms with Crippen LogP contribution in [0.4, 0.5) is 10.8 Å². The molecule has 2 rings (SSSR count). The molecule has 7 nitrogen and oxygen atoms in total. The third-order valence-electron chi connectivity index (χ3n) is 2.58. The van der Waals surface area contributed by atoms with E-state index in [9.17, 15) is 15.2 Å². The normalized spacial score (nSPS) is 10.9. The molecule has 0 aliphatic rings. The third-order valence-corrected chi connectivity index (χ3v) is 3.56. The number of benzene rings is 1. The number of anilines is 1. The first-order valence-electron chi connectivity index (χ1n) is 5.66. The lowest BCUT2D eigenvalue weighted by Crippen LogP contribution is -1.99. The zero-order valence-corrected chi connectivity index (χ0v) is 11.6. The number of thiazole rings is 1. The summed E-state index contributed by atoms with van der Waals surface area (Å²) in [6, 6.07) is 3.81. The van der Waals surface area contributed by atoms with Crippen LogP contribution in [0, 0.1) is 24.0 Å². The zero-order valence-electron chi connectivity index (χ0n) is 10.8. The zero-order chi connectivity index (χ0) is 14.7. The fourth-order valence-corrected chi connectivity index (χ4v) is 2.20. The van der Waals surface area contributed by atoms with Crippen LogP contribution in [-0.4, -0.2) is 16.1 Å². The summed E-state index contributed by atoms with van der Waals surface area (Å²) in [5.74, 6) is -0.619. The number of hydrogen-bond acceptors (Lipinski definition) is 7. The van der Waals surface area contributed by atoms with Crippen molar-refractivity contribution in [2.24, 2.45) is 5.10 Å². The van der Waals surface area contributed by atoms with Crippen LogP contribution in [0.1, 0.15) is 16.1 Å². The molecule has 0 aliphatic carbocycles. The van der Waals surface area contributed by atoms with Crippen molar-refractivity contribution in [3.8, 4) is 5.75 Å². The highest BCUT2D eigenvalue weighted by molar-refractivity contribution is 7.15. The maximum Gasteiger partial charge on any atom is 0.262 e. The first kappa shape index (κ1) is 13.9. The van der Waals surface area contributed by atoms with E-state index in [4.69, 9.17) is 0 Å². The lowest BCUT2D eigenvalue weighted by atomic mass is 10.2. The van der Waals surface area contributed by atoms with E-state index in [0.717, 1.165) is 16.6 Å². The Morgan fingerprint density at radius 2 is 2.20 bits per heavy atom. The van der Waals surface area contributed by atoms with Crippen LogP contribution >= 0.6 is 11.3 Å². The summed E-state index contributed by atoms with van der Waals surface area (Å²) >= 11 is 1.47. The van der Waals surface area contributed by atoms with Gasteiger partial charge in [-0.15, -0.1) is 11.3 Å². The first-order chi connectivity index (χ1) is 9.47. The van der Waals surface area contributed by atoms with Crippen LogP contribution in [0.25, 0.3) is 0 Å². The standard InChI is InChI=1S/C12H12N4O3S/c1-7-8(2)20-12(14-7)15-13-6-9-3-4-11(17)10(5-9)16(18)19/h3-6,17H,1-2H3,(H,14,15)/p-1/b13-6-. The van der Waals surface area contributed by atoms with Gasteiger partial charge < -0.3 is 5.11 Å². The van der Waals surface area contributed by atoms with Gasteiger partial charge in [0.15, 0.2) is 0 Å². The molecule has 0 aliphatic heterocycles. The summed E-state index contributed by atoms with van der Waals surface area (Å²) in [5, 5.41) is 26.5. The molecule has 20 heavy (non-hydrogen) atoms. The number of nitrogens with one attached hydrogen (secondary N) is 1. The number of hydrazone groups is 1. The van der Waals surface area contributed by atoms with Gasteiger partial charge in [0.05, 0.1) is 16.8 Å². The molecule has 0 atom stereocenters. The second-order valence-electron chi connectivity index (χ2n) is 4.01. The van der Waals surface area contributed by atoms with Crippen LogP contribution in [0.5, 0.6) is 5.75 Å². The SMILES string of the molecule is Cc1nc(N/N=C\c2ccc([O-])c([N+](=O)[O-])c2)sc1C. The third kappa shape index (κ3) is 3.09. The molecule has 0 amide bonds. The summed E-state index contributed by atoms with van der Waals surface area (Å²) in [4.78, 5) is 15.3. The summed E-state index contributed by atoms with van der Waals surface area (Å²) in [7, 11) is 0. The van der Waals surface area contributed by atoms with Gasteiger partial charge in [-0.1, -0.05) is 12.1 Å². The maximum atomic E-state index is 11.2. The van der Waals surface area contributed by atoms with Crippen molar-refractivity contribution < 1.29 is 10.0 Å².